The molecule has 1 saturated heterocycles. The zero-order valence-corrected chi connectivity index (χ0v) is 10.6. The Hall–Kier alpha value is -0.390. The third-order valence-electron chi connectivity index (χ3n) is 2.61. The molecule has 92 valence electrons. The highest BCUT2D eigenvalue weighted by Gasteiger charge is 2.23. The SMILES string of the molecule is Cl.Cl.NCCC1CC(c2ccncc2)NN1. The van der Waals surface area contributed by atoms with E-state index in [0.29, 0.717) is 12.1 Å². The minimum absolute atomic E-state index is 0. The van der Waals surface area contributed by atoms with Crippen molar-refractivity contribution in [2.75, 3.05) is 6.54 Å². The molecule has 2 unspecified atom stereocenters. The standard InChI is InChI=1S/C10H16N4.2ClH/c11-4-1-9-7-10(14-13-9)8-2-5-12-6-3-8;;/h2-3,5-6,9-10,13-14H,1,4,7,11H2;2*1H. The predicted molar refractivity (Wildman–Crippen MR) is 69.8 cm³/mol. The molecule has 1 aromatic rings. The first kappa shape index (κ1) is 15.6. The van der Waals surface area contributed by atoms with Crippen molar-refractivity contribution in [3.05, 3.63) is 30.1 Å². The fraction of sp³-hybridized carbons (Fsp3) is 0.500. The van der Waals surface area contributed by atoms with Gasteiger partial charge in [-0.25, -0.2) is 0 Å². The number of pyridine rings is 1. The van der Waals surface area contributed by atoms with Gasteiger partial charge in [-0.1, -0.05) is 0 Å². The Bertz CT molecular complexity index is 283. The Balaban J connectivity index is 0.00000112. The maximum Gasteiger partial charge on any atom is 0.0478 e. The monoisotopic (exact) mass is 264 g/mol. The summed E-state index contributed by atoms with van der Waals surface area (Å²) in [5.74, 6) is 0. The lowest BCUT2D eigenvalue weighted by Gasteiger charge is -2.08. The molecule has 16 heavy (non-hydrogen) atoms. The number of nitrogens with two attached hydrogens (primary N) is 1. The van der Waals surface area contributed by atoms with Crippen LogP contribution in [0.5, 0.6) is 0 Å². The summed E-state index contributed by atoms with van der Waals surface area (Å²) in [7, 11) is 0. The molecule has 4 nitrogen and oxygen atoms in total. The van der Waals surface area contributed by atoms with Gasteiger partial charge in [0.15, 0.2) is 0 Å². The molecule has 0 aliphatic carbocycles. The Morgan fingerprint density at radius 1 is 1.25 bits per heavy atom. The van der Waals surface area contributed by atoms with Crippen molar-refractivity contribution in [2.45, 2.75) is 24.9 Å². The van der Waals surface area contributed by atoms with E-state index in [0.717, 1.165) is 19.4 Å². The lowest BCUT2D eigenvalue weighted by Crippen LogP contribution is -2.32. The summed E-state index contributed by atoms with van der Waals surface area (Å²) >= 11 is 0. The van der Waals surface area contributed by atoms with Gasteiger partial charge < -0.3 is 5.73 Å². The van der Waals surface area contributed by atoms with Crippen molar-refractivity contribution in [3.8, 4) is 0 Å². The Morgan fingerprint density at radius 2 is 1.94 bits per heavy atom. The van der Waals surface area contributed by atoms with Crippen LogP contribution in [-0.2, 0) is 0 Å². The molecule has 0 bridgehead atoms. The van der Waals surface area contributed by atoms with Gasteiger partial charge >= 0.3 is 0 Å². The molecule has 6 heteroatoms. The number of halogens is 2. The number of aromatic nitrogens is 1. The summed E-state index contributed by atoms with van der Waals surface area (Å²) < 4.78 is 0. The van der Waals surface area contributed by atoms with E-state index >= 15 is 0 Å². The molecular weight excluding hydrogens is 247 g/mol. The summed E-state index contributed by atoms with van der Waals surface area (Å²) in [6.45, 7) is 0.739. The van der Waals surface area contributed by atoms with Gasteiger partial charge in [0.25, 0.3) is 0 Å². The number of rotatable bonds is 3. The number of nitrogens with zero attached hydrogens (tertiary/aromatic N) is 1. The zero-order chi connectivity index (χ0) is 9.80. The highest BCUT2D eigenvalue weighted by atomic mass is 35.5. The number of nitrogens with one attached hydrogen (secondary N) is 2. The smallest absolute Gasteiger partial charge is 0.0478 e. The second-order valence-corrected chi connectivity index (χ2v) is 3.63. The third kappa shape index (κ3) is 3.88. The molecule has 0 saturated carbocycles. The number of hydrogen-bond acceptors (Lipinski definition) is 4. The van der Waals surface area contributed by atoms with Crippen molar-refractivity contribution in [3.63, 3.8) is 0 Å². The fourth-order valence-corrected chi connectivity index (χ4v) is 1.83. The summed E-state index contributed by atoms with van der Waals surface area (Å²) in [5.41, 5.74) is 13.3. The highest BCUT2D eigenvalue weighted by molar-refractivity contribution is 5.85. The minimum Gasteiger partial charge on any atom is -0.330 e. The van der Waals surface area contributed by atoms with Crippen LogP contribution in [0.1, 0.15) is 24.4 Å². The molecule has 0 radical (unpaired) electrons. The van der Waals surface area contributed by atoms with E-state index in [9.17, 15) is 0 Å². The largest absolute Gasteiger partial charge is 0.330 e. The van der Waals surface area contributed by atoms with Crippen LogP contribution in [0.25, 0.3) is 0 Å². The molecule has 1 aliphatic heterocycles. The van der Waals surface area contributed by atoms with Crippen LogP contribution in [0.15, 0.2) is 24.5 Å². The first-order valence-electron chi connectivity index (χ1n) is 5.01. The molecule has 2 atom stereocenters. The Labute approximate surface area is 108 Å². The van der Waals surface area contributed by atoms with Crippen molar-refractivity contribution in [1.29, 1.82) is 0 Å². The number of hydrazine groups is 1. The van der Waals surface area contributed by atoms with Crippen molar-refractivity contribution >= 4 is 24.8 Å². The van der Waals surface area contributed by atoms with E-state index in [1.54, 1.807) is 0 Å². The summed E-state index contributed by atoms with van der Waals surface area (Å²) in [4.78, 5) is 4.00. The van der Waals surface area contributed by atoms with Gasteiger partial charge in [0.1, 0.15) is 0 Å². The second kappa shape index (κ2) is 7.81. The molecule has 0 spiro atoms. The van der Waals surface area contributed by atoms with E-state index in [4.69, 9.17) is 5.73 Å². The van der Waals surface area contributed by atoms with E-state index in [-0.39, 0.29) is 24.8 Å². The minimum atomic E-state index is 0. The maximum absolute atomic E-state index is 5.51. The Morgan fingerprint density at radius 3 is 2.56 bits per heavy atom. The molecule has 1 aromatic heterocycles. The Kier molecular flexibility index (Phi) is 7.62. The zero-order valence-electron chi connectivity index (χ0n) is 8.93. The van der Waals surface area contributed by atoms with Gasteiger partial charge in [0.05, 0.1) is 0 Å². The summed E-state index contributed by atoms with van der Waals surface area (Å²) in [5, 5.41) is 0. The first-order chi connectivity index (χ1) is 6.90. The average Bonchev–Trinajstić information content (AvgIpc) is 2.68. The van der Waals surface area contributed by atoms with E-state index in [1.165, 1.54) is 5.56 Å². The number of hydrogen-bond donors (Lipinski definition) is 3. The lowest BCUT2D eigenvalue weighted by molar-refractivity contribution is 0.521. The topological polar surface area (TPSA) is 63.0 Å². The van der Waals surface area contributed by atoms with E-state index in [1.807, 2.05) is 24.5 Å². The maximum atomic E-state index is 5.51. The third-order valence-corrected chi connectivity index (χ3v) is 2.61. The fourth-order valence-electron chi connectivity index (χ4n) is 1.83. The van der Waals surface area contributed by atoms with Crippen LogP contribution >= 0.6 is 24.8 Å². The highest BCUT2D eigenvalue weighted by Crippen LogP contribution is 2.22. The van der Waals surface area contributed by atoms with Gasteiger partial charge in [0.2, 0.25) is 0 Å². The van der Waals surface area contributed by atoms with Crippen LogP contribution in [0.2, 0.25) is 0 Å². The molecule has 2 rings (SSSR count). The normalized spacial score (nSPS) is 23.3. The second-order valence-electron chi connectivity index (χ2n) is 3.63. The van der Waals surface area contributed by atoms with Gasteiger partial charge in [0, 0.05) is 24.5 Å². The van der Waals surface area contributed by atoms with Gasteiger partial charge in [-0.05, 0) is 37.1 Å². The van der Waals surface area contributed by atoms with Crippen LogP contribution in [-0.4, -0.2) is 17.6 Å². The molecule has 1 fully saturated rings. The van der Waals surface area contributed by atoms with Crippen LogP contribution < -0.4 is 16.6 Å². The van der Waals surface area contributed by atoms with Crippen molar-refractivity contribution < 1.29 is 0 Å². The van der Waals surface area contributed by atoms with Crippen molar-refractivity contribution in [1.82, 2.24) is 15.8 Å². The average molecular weight is 265 g/mol. The molecule has 4 N–H and O–H groups in total. The molecule has 0 aromatic carbocycles. The van der Waals surface area contributed by atoms with E-state index < -0.39 is 0 Å². The van der Waals surface area contributed by atoms with Crippen LogP contribution in [0, 0.1) is 0 Å². The van der Waals surface area contributed by atoms with Gasteiger partial charge in [-0.15, -0.1) is 24.8 Å². The summed E-state index contributed by atoms with van der Waals surface area (Å²) in [6.07, 6.45) is 5.77. The molecular formula is C10H18Cl2N4. The summed E-state index contributed by atoms with van der Waals surface area (Å²) in [6, 6.07) is 4.99. The molecule has 2 heterocycles. The first-order valence-corrected chi connectivity index (χ1v) is 5.01. The predicted octanol–water partition coefficient (Wildman–Crippen LogP) is 1.18. The van der Waals surface area contributed by atoms with Gasteiger partial charge in [-0.2, -0.15) is 0 Å². The quantitative estimate of drug-likeness (QED) is 0.768. The van der Waals surface area contributed by atoms with Crippen LogP contribution in [0.4, 0.5) is 0 Å². The lowest BCUT2D eigenvalue weighted by atomic mass is 10.0. The molecule has 0 amide bonds. The van der Waals surface area contributed by atoms with Crippen molar-refractivity contribution in [2.24, 2.45) is 5.73 Å². The van der Waals surface area contributed by atoms with Crippen LogP contribution in [0.3, 0.4) is 0 Å². The van der Waals surface area contributed by atoms with E-state index in [2.05, 4.69) is 15.8 Å². The molecule has 1 aliphatic rings. The van der Waals surface area contributed by atoms with Gasteiger partial charge in [-0.3, -0.25) is 15.8 Å².